The van der Waals surface area contributed by atoms with Gasteiger partial charge in [0.15, 0.2) is 12.4 Å². The Morgan fingerprint density at radius 3 is 2.42 bits per heavy atom. The first kappa shape index (κ1) is 21.7. The number of aryl methyl sites for hydroxylation is 1. The third-order valence-corrected chi connectivity index (χ3v) is 4.32. The molecule has 1 unspecified atom stereocenters. The van der Waals surface area contributed by atoms with E-state index in [-0.39, 0.29) is 36.7 Å². The Balaban J connectivity index is 1.63. The van der Waals surface area contributed by atoms with Gasteiger partial charge in [-0.2, -0.15) is 15.0 Å². The van der Waals surface area contributed by atoms with E-state index in [1.807, 2.05) is 61.5 Å². The van der Waals surface area contributed by atoms with Gasteiger partial charge in [0.1, 0.15) is 0 Å². The number of ether oxygens (including phenoxy) is 1. The van der Waals surface area contributed by atoms with Gasteiger partial charge in [-0.05, 0) is 24.6 Å². The van der Waals surface area contributed by atoms with Gasteiger partial charge < -0.3 is 21.1 Å². The number of amides is 1. The number of carbonyl (C=O) groups excluding carboxylic acids is 2. The van der Waals surface area contributed by atoms with Crippen LogP contribution < -0.4 is 16.4 Å². The molecule has 0 saturated carbocycles. The van der Waals surface area contributed by atoms with E-state index in [0.717, 1.165) is 16.8 Å². The second kappa shape index (κ2) is 10.1. The molecule has 0 spiro atoms. The third-order valence-electron chi connectivity index (χ3n) is 4.32. The average Bonchev–Trinajstić information content (AvgIpc) is 2.72. The van der Waals surface area contributed by atoms with Crippen LogP contribution in [0.3, 0.4) is 0 Å². The Morgan fingerprint density at radius 1 is 1.03 bits per heavy atom. The molecule has 0 saturated heterocycles. The van der Waals surface area contributed by atoms with Gasteiger partial charge in [-0.3, -0.25) is 9.59 Å². The fourth-order valence-electron chi connectivity index (χ4n) is 2.88. The predicted octanol–water partition coefficient (Wildman–Crippen LogP) is 2.82. The summed E-state index contributed by atoms with van der Waals surface area (Å²) in [6.07, 6.45) is -0.0294. The van der Waals surface area contributed by atoms with Crippen LogP contribution in [0.2, 0.25) is 0 Å². The third kappa shape index (κ3) is 6.77. The van der Waals surface area contributed by atoms with Gasteiger partial charge in [-0.15, -0.1) is 0 Å². The molecule has 2 aromatic carbocycles. The first-order valence-electron chi connectivity index (χ1n) is 9.71. The number of nitrogen functional groups attached to an aromatic ring is 1. The molecular formula is C22H24N6O3. The summed E-state index contributed by atoms with van der Waals surface area (Å²) in [5.74, 6) is -0.266. The lowest BCUT2D eigenvalue weighted by Crippen LogP contribution is -2.28. The fraction of sp³-hybridized carbons (Fsp3) is 0.227. The molecule has 9 nitrogen and oxygen atoms in total. The number of para-hydroxylation sites is 1. The molecule has 1 heterocycles. The molecule has 9 heteroatoms. The van der Waals surface area contributed by atoms with Crippen molar-refractivity contribution in [3.63, 3.8) is 0 Å². The molecule has 3 aromatic rings. The highest BCUT2D eigenvalue weighted by atomic mass is 16.5. The summed E-state index contributed by atoms with van der Waals surface area (Å²) in [6, 6.07) is 16.4. The van der Waals surface area contributed by atoms with Crippen LogP contribution in [-0.2, 0) is 20.9 Å². The molecular weight excluding hydrogens is 396 g/mol. The lowest BCUT2D eigenvalue weighted by atomic mass is 10.0. The number of anilines is 3. The molecule has 1 amide bonds. The zero-order valence-corrected chi connectivity index (χ0v) is 17.3. The van der Waals surface area contributed by atoms with Crippen molar-refractivity contribution in [2.24, 2.45) is 0 Å². The minimum Gasteiger partial charge on any atom is -0.457 e. The molecule has 0 aliphatic carbocycles. The number of esters is 1. The van der Waals surface area contributed by atoms with E-state index in [0.29, 0.717) is 0 Å². The number of hydrogen-bond acceptors (Lipinski definition) is 8. The van der Waals surface area contributed by atoms with E-state index < -0.39 is 12.0 Å². The second-order valence-electron chi connectivity index (χ2n) is 6.95. The van der Waals surface area contributed by atoms with Crippen LogP contribution in [0.25, 0.3) is 0 Å². The van der Waals surface area contributed by atoms with Crippen LogP contribution in [-0.4, -0.2) is 26.8 Å². The molecule has 1 atom stereocenters. The van der Waals surface area contributed by atoms with Crippen molar-refractivity contribution >= 4 is 29.5 Å². The second-order valence-corrected chi connectivity index (χ2v) is 6.95. The molecule has 4 N–H and O–H groups in total. The highest BCUT2D eigenvalue weighted by Gasteiger charge is 2.19. The highest BCUT2D eigenvalue weighted by molar-refractivity contribution is 5.76. The minimum atomic E-state index is -0.504. The quantitative estimate of drug-likeness (QED) is 0.474. The van der Waals surface area contributed by atoms with Gasteiger partial charge >= 0.3 is 5.97 Å². The minimum absolute atomic E-state index is 0.00950. The molecule has 160 valence electrons. The molecule has 0 aliphatic heterocycles. The summed E-state index contributed by atoms with van der Waals surface area (Å²) < 4.78 is 5.32. The first-order chi connectivity index (χ1) is 14.9. The fourth-order valence-corrected chi connectivity index (χ4v) is 2.88. The summed E-state index contributed by atoms with van der Waals surface area (Å²) in [7, 11) is 0. The lowest BCUT2D eigenvalue weighted by Gasteiger charge is -2.18. The number of rotatable bonds is 8. The standard InChI is InChI=1S/C22H24N6O3/c1-14-8-10-16(11-9-14)18(24-15(2)29)12-20(30)31-13-19-26-21(23)28-22(27-19)25-17-6-4-3-5-7-17/h3-11,18H,12-13H2,1-2H3,(H,24,29)(H3,23,25,26,27,28). The molecule has 0 bridgehead atoms. The van der Waals surface area contributed by atoms with Crippen molar-refractivity contribution in [2.75, 3.05) is 11.1 Å². The summed E-state index contributed by atoms with van der Waals surface area (Å²) in [5.41, 5.74) is 8.44. The number of carbonyl (C=O) groups is 2. The van der Waals surface area contributed by atoms with Gasteiger partial charge in [-0.25, -0.2) is 0 Å². The number of benzene rings is 2. The number of nitrogens with zero attached hydrogens (tertiary/aromatic N) is 3. The maximum absolute atomic E-state index is 12.4. The van der Waals surface area contributed by atoms with Crippen molar-refractivity contribution in [2.45, 2.75) is 32.9 Å². The predicted molar refractivity (Wildman–Crippen MR) is 116 cm³/mol. The van der Waals surface area contributed by atoms with Crippen LogP contribution >= 0.6 is 0 Å². The van der Waals surface area contributed by atoms with Gasteiger partial charge in [0.2, 0.25) is 17.8 Å². The summed E-state index contributed by atoms with van der Waals surface area (Å²) in [6.45, 7) is 3.20. The van der Waals surface area contributed by atoms with E-state index >= 15 is 0 Å². The highest BCUT2D eigenvalue weighted by Crippen LogP contribution is 2.19. The normalized spacial score (nSPS) is 11.4. The SMILES string of the molecule is CC(=O)NC(CC(=O)OCc1nc(N)nc(Nc2ccccc2)n1)c1ccc(C)cc1. The zero-order chi connectivity index (χ0) is 22.2. The van der Waals surface area contributed by atoms with Crippen molar-refractivity contribution in [3.8, 4) is 0 Å². The largest absolute Gasteiger partial charge is 0.457 e. The summed E-state index contributed by atoms with van der Waals surface area (Å²) in [4.78, 5) is 36.3. The zero-order valence-electron chi connectivity index (χ0n) is 17.3. The molecule has 0 fully saturated rings. The first-order valence-corrected chi connectivity index (χ1v) is 9.71. The van der Waals surface area contributed by atoms with Gasteiger partial charge in [0.05, 0.1) is 12.5 Å². The van der Waals surface area contributed by atoms with Crippen LogP contribution in [0.5, 0.6) is 0 Å². The number of nitrogens with one attached hydrogen (secondary N) is 2. The van der Waals surface area contributed by atoms with Crippen molar-refractivity contribution < 1.29 is 14.3 Å². The molecule has 3 rings (SSSR count). The smallest absolute Gasteiger partial charge is 0.308 e. The van der Waals surface area contributed by atoms with Crippen LogP contribution in [0, 0.1) is 6.92 Å². The van der Waals surface area contributed by atoms with Gasteiger partial charge in [0, 0.05) is 12.6 Å². The Labute approximate surface area is 180 Å². The maximum atomic E-state index is 12.4. The number of aromatic nitrogens is 3. The molecule has 1 aromatic heterocycles. The average molecular weight is 420 g/mol. The topological polar surface area (TPSA) is 132 Å². The van der Waals surface area contributed by atoms with Gasteiger partial charge in [0.25, 0.3) is 0 Å². The molecule has 0 radical (unpaired) electrons. The van der Waals surface area contributed by atoms with Crippen molar-refractivity contribution in [3.05, 3.63) is 71.5 Å². The van der Waals surface area contributed by atoms with Crippen LogP contribution in [0.15, 0.2) is 54.6 Å². The monoisotopic (exact) mass is 420 g/mol. The Kier molecular flexibility index (Phi) is 7.10. The Morgan fingerprint density at radius 2 is 1.74 bits per heavy atom. The lowest BCUT2D eigenvalue weighted by molar-refractivity contribution is -0.146. The maximum Gasteiger partial charge on any atom is 0.308 e. The number of hydrogen-bond donors (Lipinski definition) is 3. The molecule has 31 heavy (non-hydrogen) atoms. The Hall–Kier alpha value is -4.01. The molecule has 0 aliphatic rings. The summed E-state index contributed by atoms with van der Waals surface area (Å²) >= 11 is 0. The van der Waals surface area contributed by atoms with Crippen LogP contribution in [0.1, 0.15) is 36.3 Å². The van der Waals surface area contributed by atoms with Crippen molar-refractivity contribution in [1.82, 2.24) is 20.3 Å². The van der Waals surface area contributed by atoms with Crippen molar-refractivity contribution in [1.29, 1.82) is 0 Å². The van der Waals surface area contributed by atoms with E-state index in [1.54, 1.807) is 0 Å². The van der Waals surface area contributed by atoms with Crippen LogP contribution in [0.4, 0.5) is 17.6 Å². The van der Waals surface area contributed by atoms with E-state index in [9.17, 15) is 9.59 Å². The summed E-state index contributed by atoms with van der Waals surface area (Å²) in [5, 5.41) is 5.80. The Bertz CT molecular complexity index is 1040. The van der Waals surface area contributed by atoms with E-state index in [1.165, 1.54) is 6.92 Å². The van der Waals surface area contributed by atoms with E-state index in [4.69, 9.17) is 10.5 Å². The number of nitrogens with two attached hydrogens (primary N) is 1. The van der Waals surface area contributed by atoms with Gasteiger partial charge in [-0.1, -0.05) is 48.0 Å². The van der Waals surface area contributed by atoms with E-state index in [2.05, 4.69) is 25.6 Å².